The van der Waals surface area contributed by atoms with E-state index in [1.54, 1.807) is 18.5 Å². The average molecular weight is 382 g/mol. The first-order chi connectivity index (χ1) is 13.8. The fourth-order valence-electron chi connectivity index (χ4n) is 3.26. The van der Waals surface area contributed by atoms with Gasteiger partial charge in [0.2, 0.25) is 6.41 Å². The van der Waals surface area contributed by atoms with Crippen molar-refractivity contribution in [2.24, 2.45) is 0 Å². The van der Waals surface area contributed by atoms with E-state index in [1.807, 2.05) is 18.2 Å². The van der Waals surface area contributed by atoms with Gasteiger partial charge in [0, 0.05) is 37.1 Å². The van der Waals surface area contributed by atoms with Crippen LogP contribution in [0.4, 0.5) is 11.4 Å². The van der Waals surface area contributed by atoms with Gasteiger partial charge in [0.15, 0.2) is 0 Å². The van der Waals surface area contributed by atoms with Crippen LogP contribution in [0.2, 0.25) is 0 Å². The molecule has 7 heteroatoms. The summed E-state index contributed by atoms with van der Waals surface area (Å²) in [4.78, 5) is 29.5. The molecule has 28 heavy (non-hydrogen) atoms. The summed E-state index contributed by atoms with van der Waals surface area (Å²) >= 11 is 0. The minimum Gasteiger partial charge on any atom is -0.378 e. The first-order valence-corrected chi connectivity index (χ1v) is 9.62. The molecule has 2 amide bonds. The minimum absolute atomic E-state index is 0.137. The number of pyridine rings is 1. The van der Waals surface area contributed by atoms with Gasteiger partial charge >= 0.3 is 0 Å². The van der Waals surface area contributed by atoms with E-state index in [4.69, 9.17) is 4.74 Å². The van der Waals surface area contributed by atoms with Crippen molar-refractivity contribution < 1.29 is 14.3 Å². The molecule has 1 aliphatic heterocycles. The molecule has 0 unspecified atom stereocenters. The number of hydrogen-bond donors (Lipinski definition) is 2. The second-order valence-electron chi connectivity index (χ2n) is 6.67. The molecule has 3 rings (SSSR count). The molecule has 148 valence electrons. The largest absolute Gasteiger partial charge is 0.378 e. The Morgan fingerprint density at radius 1 is 1.21 bits per heavy atom. The number of benzene rings is 1. The maximum Gasteiger partial charge on any atom is 0.255 e. The molecule has 0 radical (unpaired) electrons. The van der Waals surface area contributed by atoms with E-state index in [1.165, 1.54) is 0 Å². The van der Waals surface area contributed by atoms with Crippen LogP contribution in [-0.2, 0) is 16.0 Å². The summed E-state index contributed by atoms with van der Waals surface area (Å²) in [6, 6.07) is 9.61. The Balaban J connectivity index is 1.75. The molecular formula is C21H26N4O3. The third kappa shape index (κ3) is 5.53. The predicted octanol–water partition coefficient (Wildman–Crippen LogP) is 2.24. The lowest BCUT2D eigenvalue weighted by Gasteiger charge is -2.29. The fraction of sp³-hybridized carbons (Fsp3) is 0.381. The maximum atomic E-state index is 12.8. The molecule has 1 aliphatic rings. The second-order valence-corrected chi connectivity index (χ2v) is 6.67. The number of amides is 2. The van der Waals surface area contributed by atoms with Crippen molar-refractivity contribution in [3.63, 3.8) is 0 Å². The number of aromatic nitrogens is 1. The van der Waals surface area contributed by atoms with Crippen molar-refractivity contribution in [2.75, 3.05) is 43.1 Å². The van der Waals surface area contributed by atoms with Crippen LogP contribution in [0.25, 0.3) is 0 Å². The smallest absolute Gasteiger partial charge is 0.255 e. The number of hydrogen-bond acceptors (Lipinski definition) is 5. The quantitative estimate of drug-likeness (QED) is 0.513. The second kappa shape index (κ2) is 10.4. The summed E-state index contributed by atoms with van der Waals surface area (Å²) in [7, 11) is 0. The Morgan fingerprint density at radius 2 is 2.07 bits per heavy atom. The third-order valence-corrected chi connectivity index (χ3v) is 4.73. The van der Waals surface area contributed by atoms with E-state index in [9.17, 15) is 9.59 Å². The summed E-state index contributed by atoms with van der Waals surface area (Å²) in [5.41, 5.74) is 3.47. The van der Waals surface area contributed by atoms with Crippen molar-refractivity contribution in [3.05, 3.63) is 53.9 Å². The van der Waals surface area contributed by atoms with Gasteiger partial charge in [0.05, 0.1) is 25.1 Å². The number of carbonyl (C=O) groups excluding carboxylic acids is 2. The number of carbonyl (C=O) groups is 2. The molecule has 7 nitrogen and oxygen atoms in total. The van der Waals surface area contributed by atoms with Gasteiger partial charge in [-0.2, -0.15) is 0 Å². The van der Waals surface area contributed by atoms with Crippen molar-refractivity contribution in [2.45, 2.75) is 19.3 Å². The molecule has 1 aromatic heterocycles. The number of rotatable bonds is 9. The molecule has 0 bridgehead atoms. The summed E-state index contributed by atoms with van der Waals surface area (Å²) in [5.74, 6) is -0.137. The minimum atomic E-state index is -0.137. The molecule has 1 aromatic carbocycles. The summed E-state index contributed by atoms with van der Waals surface area (Å²) in [5, 5.41) is 5.59. The van der Waals surface area contributed by atoms with Crippen LogP contribution in [0, 0.1) is 0 Å². The molecule has 2 aromatic rings. The Labute approximate surface area is 165 Å². The van der Waals surface area contributed by atoms with E-state index < -0.39 is 0 Å². The van der Waals surface area contributed by atoms with Gasteiger partial charge in [-0.1, -0.05) is 0 Å². The highest BCUT2D eigenvalue weighted by Gasteiger charge is 2.16. The zero-order chi connectivity index (χ0) is 19.6. The number of morpholine rings is 1. The van der Waals surface area contributed by atoms with Gasteiger partial charge in [-0.3, -0.25) is 14.6 Å². The number of unbranched alkanes of at least 4 members (excludes halogenated alkanes) is 1. The van der Waals surface area contributed by atoms with Crippen LogP contribution >= 0.6 is 0 Å². The number of ether oxygens (including phenoxy) is 1. The zero-order valence-electron chi connectivity index (χ0n) is 15.9. The Bertz CT molecular complexity index is 776. The van der Waals surface area contributed by atoms with E-state index in [0.717, 1.165) is 56.8 Å². The highest BCUT2D eigenvalue weighted by Crippen LogP contribution is 2.23. The van der Waals surface area contributed by atoms with Gasteiger partial charge < -0.3 is 20.3 Å². The van der Waals surface area contributed by atoms with Gasteiger partial charge in [0.1, 0.15) is 0 Å². The van der Waals surface area contributed by atoms with Crippen molar-refractivity contribution in [1.82, 2.24) is 10.3 Å². The van der Waals surface area contributed by atoms with Gasteiger partial charge in [-0.25, -0.2) is 0 Å². The third-order valence-electron chi connectivity index (χ3n) is 4.73. The van der Waals surface area contributed by atoms with E-state index in [0.29, 0.717) is 24.2 Å². The molecule has 1 saturated heterocycles. The average Bonchev–Trinajstić information content (AvgIpc) is 2.75. The van der Waals surface area contributed by atoms with Gasteiger partial charge in [-0.15, -0.1) is 0 Å². The van der Waals surface area contributed by atoms with E-state index >= 15 is 0 Å². The Kier molecular flexibility index (Phi) is 7.37. The number of nitrogens with zero attached hydrogens (tertiary/aromatic N) is 2. The Morgan fingerprint density at radius 3 is 2.82 bits per heavy atom. The first-order valence-electron chi connectivity index (χ1n) is 9.62. The normalized spacial score (nSPS) is 13.8. The zero-order valence-corrected chi connectivity index (χ0v) is 15.9. The molecule has 0 spiro atoms. The summed E-state index contributed by atoms with van der Waals surface area (Å²) in [6.07, 6.45) is 6.54. The number of anilines is 2. The molecule has 0 atom stereocenters. The summed E-state index contributed by atoms with van der Waals surface area (Å²) in [6.45, 7) is 3.78. The van der Waals surface area contributed by atoms with Crippen LogP contribution in [0.15, 0.2) is 42.7 Å². The van der Waals surface area contributed by atoms with Crippen LogP contribution in [0.5, 0.6) is 0 Å². The van der Waals surface area contributed by atoms with Crippen LogP contribution in [-0.4, -0.2) is 50.1 Å². The van der Waals surface area contributed by atoms with Crippen LogP contribution < -0.4 is 15.5 Å². The molecule has 2 N–H and O–H groups in total. The number of nitrogens with one attached hydrogen (secondary N) is 2. The molecule has 0 saturated carbocycles. The van der Waals surface area contributed by atoms with Crippen molar-refractivity contribution in [1.29, 1.82) is 0 Å². The van der Waals surface area contributed by atoms with E-state index in [-0.39, 0.29) is 5.91 Å². The monoisotopic (exact) mass is 382 g/mol. The molecule has 2 heterocycles. The van der Waals surface area contributed by atoms with E-state index in [2.05, 4.69) is 26.6 Å². The lowest BCUT2D eigenvalue weighted by molar-refractivity contribution is -0.109. The standard InChI is InChI=1S/C21H26N4O3/c26-16-23-8-2-1-4-17-14-19(25-10-12-28-13-11-25)6-7-20(17)21(27)24-18-5-3-9-22-15-18/h3,5-7,9,14-16H,1-2,4,8,10-13H2,(H,23,26)(H,24,27). The van der Waals surface area contributed by atoms with Crippen LogP contribution in [0.1, 0.15) is 28.8 Å². The Hall–Kier alpha value is -2.93. The maximum absolute atomic E-state index is 12.8. The first kappa shape index (κ1) is 19.8. The lowest BCUT2D eigenvalue weighted by atomic mass is 9.99. The van der Waals surface area contributed by atoms with Gasteiger partial charge in [-0.05, 0) is 55.2 Å². The van der Waals surface area contributed by atoms with Crippen molar-refractivity contribution >= 4 is 23.7 Å². The highest BCUT2D eigenvalue weighted by atomic mass is 16.5. The summed E-state index contributed by atoms with van der Waals surface area (Å²) < 4.78 is 5.44. The van der Waals surface area contributed by atoms with Crippen LogP contribution in [0.3, 0.4) is 0 Å². The fourth-order valence-corrected chi connectivity index (χ4v) is 3.26. The predicted molar refractivity (Wildman–Crippen MR) is 109 cm³/mol. The highest BCUT2D eigenvalue weighted by molar-refractivity contribution is 6.05. The SMILES string of the molecule is O=CNCCCCc1cc(N2CCOCC2)ccc1C(=O)Nc1cccnc1. The number of aryl methyl sites for hydroxylation is 1. The van der Waals surface area contributed by atoms with Crippen molar-refractivity contribution in [3.8, 4) is 0 Å². The molecular weight excluding hydrogens is 356 g/mol. The topological polar surface area (TPSA) is 83.6 Å². The van der Waals surface area contributed by atoms with Gasteiger partial charge in [0.25, 0.3) is 5.91 Å². The molecule has 1 fully saturated rings. The lowest BCUT2D eigenvalue weighted by Crippen LogP contribution is -2.36. The molecule has 0 aliphatic carbocycles.